The van der Waals surface area contributed by atoms with E-state index in [1.54, 1.807) is 11.8 Å². The van der Waals surface area contributed by atoms with E-state index in [0.717, 1.165) is 23.0 Å². The van der Waals surface area contributed by atoms with Crippen LogP contribution in [0.3, 0.4) is 0 Å². The van der Waals surface area contributed by atoms with E-state index >= 15 is 0 Å². The fourth-order valence-electron chi connectivity index (χ4n) is 1.89. The highest BCUT2D eigenvalue weighted by molar-refractivity contribution is 7.99. The Bertz CT molecular complexity index is 391. The van der Waals surface area contributed by atoms with Gasteiger partial charge in [-0.1, -0.05) is 17.7 Å². The molecule has 1 saturated heterocycles. The largest absolute Gasteiger partial charge is 0.389 e. The molecular weight excluding hydrogens is 270 g/mol. The van der Waals surface area contributed by atoms with Crippen molar-refractivity contribution in [2.45, 2.75) is 17.1 Å². The van der Waals surface area contributed by atoms with E-state index in [1.807, 2.05) is 31.3 Å². The molecule has 1 aliphatic heterocycles. The zero-order valence-corrected chi connectivity index (χ0v) is 12.0. The minimum absolute atomic E-state index is 0.0876. The first-order valence-electron chi connectivity index (χ1n) is 6.02. The van der Waals surface area contributed by atoms with Crippen molar-refractivity contribution in [1.82, 2.24) is 4.90 Å². The molecule has 1 aromatic carbocycles. The number of aliphatic hydroxyl groups excluding tert-OH is 1. The molecular formula is C13H18ClNO2S. The lowest BCUT2D eigenvalue weighted by Crippen LogP contribution is -2.46. The topological polar surface area (TPSA) is 32.7 Å². The second-order valence-electron chi connectivity index (χ2n) is 4.51. The monoisotopic (exact) mass is 287 g/mol. The van der Waals surface area contributed by atoms with Gasteiger partial charge in [0.2, 0.25) is 0 Å². The molecule has 0 aromatic heterocycles. The average molecular weight is 288 g/mol. The highest BCUT2D eigenvalue weighted by Crippen LogP contribution is 2.23. The van der Waals surface area contributed by atoms with Crippen LogP contribution in [0, 0.1) is 0 Å². The Morgan fingerprint density at radius 2 is 2.44 bits per heavy atom. The minimum atomic E-state index is -0.447. The van der Waals surface area contributed by atoms with Crippen LogP contribution in [0.4, 0.5) is 0 Å². The molecule has 5 heteroatoms. The van der Waals surface area contributed by atoms with Crippen molar-refractivity contribution in [3.63, 3.8) is 0 Å². The fraction of sp³-hybridized carbons (Fsp3) is 0.538. The molecule has 3 nitrogen and oxygen atoms in total. The Hall–Kier alpha value is -0.260. The number of thioether (sulfide) groups is 1. The number of aliphatic hydroxyl groups is 1. The Morgan fingerprint density at radius 1 is 1.61 bits per heavy atom. The lowest BCUT2D eigenvalue weighted by molar-refractivity contribution is -0.0752. The van der Waals surface area contributed by atoms with Gasteiger partial charge in [-0.3, -0.25) is 0 Å². The van der Waals surface area contributed by atoms with Gasteiger partial charge in [-0.2, -0.15) is 0 Å². The molecule has 0 spiro atoms. The molecule has 2 rings (SSSR count). The van der Waals surface area contributed by atoms with E-state index in [1.165, 1.54) is 0 Å². The number of likely N-dealkylation sites (N-methyl/N-ethyl adjacent to an activating group) is 1. The van der Waals surface area contributed by atoms with Crippen LogP contribution >= 0.6 is 23.4 Å². The maximum atomic E-state index is 10.1. The molecule has 2 atom stereocenters. The van der Waals surface area contributed by atoms with Gasteiger partial charge < -0.3 is 14.7 Å². The van der Waals surface area contributed by atoms with Crippen molar-refractivity contribution in [2.24, 2.45) is 0 Å². The van der Waals surface area contributed by atoms with Crippen LogP contribution in [0.25, 0.3) is 0 Å². The van der Waals surface area contributed by atoms with Crippen LogP contribution in [0.5, 0.6) is 0 Å². The third-order valence-electron chi connectivity index (χ3n) is 2.94. The number of morpholine rings is 1. The molecule has 0 bridgehead atoms. The molecule has 0 amide bonds. The van der Waals surface area contributed by atoms with Gasteiger partial charge in [-0.15, -0.1) is 11.8 Å². The zero-order chi connectivity index (χ0) is 13.0. The van der Waals surface area contributed by atoms with E-state index in [9.17, 15) is 5.11 Å². The summed E-state index contributed by atoms with van der Waals surface area (Å²) in [6, 6.07) is 7.67. The predicted molar refractivity (Wildman–Crippen MR) is 75.4 cm³/mol. The Kier molecular flexibility index (Phi) is 5.33. The summed E-state index contributed by atoms with van der Waals surface area (Å²) in [6.45, 7) is 2.42. The molecule has 0 radical (unpaired) electrons. The third kappa shape index (κ3) is 4.14. The van der Waals surface area contributed by atoms with Crippen LogP contribution in [0.15, 0.2) is 29.2 Å². The van der Waals surface area contributed by atoms with Crippen LogP contribution in [0.1, 0.15) is 0 Å². The van der Waals surface area contributed by atoms with Crippen molar-refractivity contribution in [3.8, 4) is 0 Å². The molecule has 0 aliphatic carbocycles. The molecule has 1 fully saturated rings. The van der Waals surface area contributed by atoms with Crippen LogP contribution < -0.4 is 0 Å². The summed E-state index contributed by atoms with van der Waals surface area (Å²) < 4.78 is 5.59. The highest BCUT2D eigenvalue weighted by atomic mass is 35.5. The minimum Gasteiger partial charge on any atom is -0.389 e. The van der Waals surface area contributed by atoms with E-state index in [2.05, 4.69) is 4.90 Å². The van der Waals surface area contributed by atoms with Gasteiger partial charge >= 0.3 is 0 Å². The van der Waals surface area contributed by atoms with Crippen LogP contribution in [-0.2, 0) is 4.74 Å². The molecule has 2 unspecified atom stereocenters. The van der Waals surface area contributed by atoms with Gasteiger partial charge in [-0.05, 0) is 25.2 Å². The van der Waals surface area contributed by atoms with Gasteiger partial charge in [-0.25, -0.2) is 0 Å². The number of rotatable bonds is 4. The number of hydrogen-bond donors (Lipinski definition) is 1. The molecule has 100 valence electrons. The van der Waals surface area contributed by atoms with Gasteiger partial charge in [0.15, 0.2) is 0 Å². The molecule has 18 heavy (non-hydrogen) atoms. The lowest BCUT2D eigenvalue weighted by atomic mass is 10.2. The summed E-state index contributed by atoms with van der Waals surface area (Å²) in [7, 11) is 2.05. The van der Waals surface area contributed by atoms with Crippen molar-refractivity contribution in [3.05, 3.63) is 29.3 Å². The standard InChI is InChI=1S/C13H18ClNO2S/c1-15-5-6-17-13(8-15)12(16)9-18-11-4-2-3-10(14)7-11/h2-4,7,12-13,16H,5-6,8-9H2,1H3. The van der Waals surface area contributed by atoms with Crippen molar-refractivity contribution < 1.29 is 9.84 Å². The van der Waals surface area contributed by atoms with Crippen molar-refractivity contribution in [1.29, 1.82) is 0 Å². The normalized spacial score (nSPS) is 22.9. The summed E-state index contributed by atoms with van der Waals surface area (Å²) in [6.07, 6.45) is -0.535. The van der Waals surface area contributed by atoms with Gasteiger partial charge in [0.1, 0.15) is 0 Å². The second kappa shape index (κ2) is 6.78. The summed E-state index contributed by atoms with van der Waals surface area (Å²) in [4.78, 5) is 3.26. The van der Waals surface area contributed by atoms with Crippen LogP contribution in [0.2, 0.25) is 5.02 Å². The number of benzene rings is 1. The first-order valence-corrected chi connectivity index (χ1v) is 7.38. The lowest BCUT2D eigenvalue weighted by Gasteiger charge is -2.32. The molecule has 1 N–H and O–H groups in total. The maximum Gasteiger partial charge on any atom is 0.0969 e. The number of halogens is 1. The molecule has 1 aliphatic rings. The first kappa shape index (κ1) is 14.2. The van der Waals surface area contributed by atoms with E-state index < -0.39 is 6.10 Å². The SMILES string of the molecule is CN1CCOC(C(O)CSc2cccc(Cl)c2)C1. The summed E-state index contributed by atoms with van der Waals surface area (Å²) >= 11 is 7.53. The Morgan fingerprint density at radius 3 is 3.17 bits per heavy atom. The van der Waals surface area contributed by atoms with Crippen LogP contribution in [-0.4, -0.2) is 54.7 Å². The zero-order valence-electron chi connectivity index (χ0n) is 10.4. The first-order chi connectivity index (χ1) is 8.65. The molecule has 1 aromatic rings. The summed E-state index contributed by atoms with van der Waals surface area (Å²) in [5.74, 6) is 0.624. The van der Waals surface area contributed by atoms with E-state index in [0.29, 0.717) is 12.4 Å². The summed E-state index contributed by atoms with van der Waals surface area (Å²) in [5.41, 5.74) is 0. The maximum absolute atomic E-state index is 10.1. The van der Waals surface area contributed by atoms with Gasteiger partial charge in [0.25, 0.3) is 0 Å². The van der Waals surface area contributed by atoms with Gasteiger partial charge in [0, 0.05) is 28.8 Å². The summed E-state index contributed by atoms with van der Waals surface area (Å²) in [5, 5.41) is 10.8. The smallest absolute Gasteiger partial charge is 0.0969 e. The van der Waals surface area contributed by atoms with Crippen molar-refractivity contribution >= 4 is 23.4 Å². The van der Waals surface area contributed by atoms with Gasteiger partial charge in [0.05, 0.1) is 18.8 Å². The second-order valence-corrected chi connectivity index (χ2v) is 6.04. The molecule has 1 heterocycles. The highest BCUT2D eigenvalue weighted by Gasteiger charge is 2.25. The Balaban J connectivity index is 1.82. The molecule has 0 saturated carbocycles. The average Bonchev–Trinajstić information content (AvgIpc) is 2.36. The number of ether oxygens (including phenoxy) is 1. The fourth-order valence-corrected chi connectivity index (χ4v) is 3.11. The Labute approximate surface area is 117 Å². The third-order valence-corrected chi connectivity index (χ3v) is 4.27. The number of hydrogen-bond acceptors (Lipinski definition) is 4. The number of nitrogens with zero attached hydrogens (tertiary/aromatic N) is 1. The quantitative estimate of drug-likeness (QED) is 0.860. The van der Waals surface area contributed by atoms with E-state index in [-0.39, 0.29) is 6.10 Å². The predicted octanol–water partition coefficient (Wildman–Crippen LogP) is 2.12. The van der Waals surface area contributed by atoms with Crippen molar-refractivity contribution in [2.75, 3.05) is 32.5 Å². The van der Waals surface area contributed by atoms with E-state index in [4.69, 9.17) is 16.3 Å².